The highest BCUT2D eigenvalue weighted by atomic mass is 16.2. The number of likely N-dealkylation sites (N-methyl/N-ethyl adjacent to an activating group) is 1. The Morgan fingerprint density at radius 1 is 1.09 bits per heavy atom. The summed E-state index contributed by atoms with van der Waals surface area (Å²) in [5.74, 6) is 0.179. The molecule has 22 heavy (non-hydrogen) atoms. The van der Waals surface area contributed by atoms with E-state index in [1.807, 2.05) is 44.4 Å². The third kappa shape index (κ3) is 4.95. The Balaban J connectivity index is 2.47. The zero-order chi connectivity index (χ0) is 16.9. The van der Waals surface area contributed by atoms with Crippen molar-refractivity contribution in [3.8, 4) is 0 Å². The standard InChI is InChI=1S/C16H32N4O2/c1-6-19(7-2)13(21)12-18-8-10-20(11-9-18)15(22)14(17)16(3,4)5/h14H,6-12,17H2,1-5H3/t14-/m1/s1. The van der Waals surface area contributed by atoms with Gasteiger partial charge in [-0.2, -0.15) is 0 Å². The van der Waals surface area contributed by atoms with E-state index in [-0.39, 0.29) is 17.2 Å². The number of hydrogen-bond donors (Lipinski definition) is 1. The molecule has 128 valence electrons. The van der Waals surface area contributed by atoms with Crippen molar-refractivity contribution in [2.45, 2.75) is 40.7 Å². The first-order valence-electron chi connectivity index (χ1n) is 8.25. The van der Waals surface area contributed by atoms with Gasteiger partial charge < -0.3 is 15.5 Å². The van der Waals surface area contributed by atoms with Crippen LogP contribution in [0.5, 0.6) is 0 Å². The number of rotatable bonds is 5. The van der Waals surface area contributed by atoms with Crippen molar-refractivity contribution in [2.24, 2.45) is 11.1 Å². The Kier molecular flexibility index (Phi) is 6.81. The van der Waals surface area contributed by atoms with E-state index >= 15 is 0 Å². The van der Waals surface area contributed by atoms with Crippen molar-refractivity contribution in [1.82, 2.24) is 14.7 Å². The minimum absolute atomic E-state index is 0.0159. The van der Waals surface area contributed by atoms with Crippen molar-refractivity contribution < 1.29 is 9.59 Å². The molecule has 1 atom stereocenters. The molecule has 0 aliphatic carbocycles. The summed E-state index contributed by atoms with van der Waals surface area (Å²) < 4.78 is 0. The van der Waals surface area contributed by atoms with Gasteiger partial charge in [0.1, 0.15) is 0 Å². The molecule has 0 aromatic rings. The van der Waals surface area contributed by atoms with Crippen LogP contribution >= 0.6 is 0 Å². The quantitative estimate of drug-likeness (QED) is 0.796. The van der Waals surface area contributed by atoms with Crippen LogP contribution in [0, 0.1) is 5.41 Å². The normalized spacial score (nSPS) is 18.2. The maximum absolute atomic E-state index is 12.4. The van der Waals surface area contributed by atoms with Gasteiger partial charge in [0.2, 0.25) is 11.8 Å². The van der Waals surface area contributed by atoms with E-state index in [4.69, 9.17) is 5.73 Å². The minimum Gasteiger partial charge on any atom is -0.342 e. The molecule has 2 N–H and O–H groups in total. The van der Waals surface area contributed by atoms with Gasteiger partial charge in [0.25, 0.3) is 0 Å². The van der Waals surface area contributed by atoms with E-state index in [0.29, 0.717) is 19.6 Å². The summed E-state index contributed by atoms with van der Waals surface area (Å²) in [6, 6.07) is -0.476. The van der Waals surface area contributed by atoms with E-state index < -0.39 is 6.04 Å². The fraction of sp³-hybridized carbons (Fsp3) is 0.875. The highest BCUT2D eigenvalue weighted by Crippen LogP contribution is 2.19. The molecule has 1 heterocycles. The smallest absolute Gasteiger partial charge is 0.240 e. The molecule has 0 bridgehead atoms. The van der Waals surface area contributed by atoms with E-state index in [1.54, 1.807) is 0 Å². The molecule has 2 amide bonds. The van der Waals surface area contributed by atoms with Crippen LogP contribution in [-0.2, 0) is 9.59 Å². The molecule has 0 spiro atoms. The molecule has 1 fully saturated rings. The van der Waals surface area contributed by atoms with Gasteiger partial charge in [-0.25, -0.2) is 0 Å². The van der Waals surface area contributed by atoms with E-state index in [0.717, 1.165) is 26.2 Å². The number of carbonyl (C=O) groups is 2. The molecule has 6 nitrogen and oxygen atoms in total. The van der Waals surface area contributed by atoms with Crippen LogP contribution in [0.3, 0.4) is 0 Å². The average molecular weight is 312 g/mol. The number of nitrogens with two attached hydrogens (primary N) is 1. The largest absolute Gasteiger partial charge is 0.342 e. The first kappa shape index (κ1) is 18.9. The van der Waals surface area contributed by atoms with Gasteiger partial charge in [0.15, 0.2) is 0 Å². The zero-order valence-corrected chi connectivity index (χ0v) is 14.8. The summed E-state index contributed by atoms with van der Waals surface area (Å²) in [5.41, 5.74) is 5.82. The van der Waals surface area contributed by atoms with Crippen LogP contribution in [-0.4, -0.2) is 78.4 Å². The van der Waals surface area contributed by atoms with E-state index in [2.05, 4.69) is 4.90 Å². The van der Waals surface area contributed by atoms with Crippen molar-refractivity contribution in [1.29, 1.82) is 0 Å². The minimum atomic E-state index is -0.476. The predicted octanol–water partition coefficient (Wildman–Crippen LogP) is 0.372. The highest BCUT2D eigenvalue weighted by Gasteiger charge is 2.32. The lowest BCUT2D eigenvalue weighted by molar-refractivity contribution is -0.137. The Labute approximate surface area is 134 Å². The van der Waals surface area contributed by atoms with Crippen LogP contribution in [0.4, 0.5) is 0 Å². The third-order valence-electron chi connectivity index (χ3n) is 4.36. The van der Waals surface area contributed by atoms with E-state index in [1.165, 1.54) is 0 Å². The summed E-state index contributed by atoms with van der Waals surface area (Å²) in [4.78, 5) is 30.3. The van der Waals surface area contributed by atoms with Crippen molar-refractivity contribution in [3.05, 3.63) is 0 Å². The summed E-state index contributed by atoms with van der Waals surface area (Å²) in [6.07, 6.45) is 0. The molecule has 1 rings (SSSR count). The maximum Gasteiger partial charge on any atom is 0.240 e. The fourth-order valence-corrected chi connectivity index (χ4v) is 2.56. The lowest BCUT2D eigenvalue weighted by atomic mass is 9.86. The fourth-order valence-electron chi connectivity index (χ4n) is 2.56. The molecule has 0 unspecified atom stereocenters. The van der Waals surface area contributed by atoms with Gasteiger partial charge in [-0.05, 0) is 19.3 Å². The molecule has 1 aliphatic rings. The molecule has 0 saturated carbocycles. The Morgan fingerprint density at radius 3 is 2.00 bits per heavy atom. The molecule has 1 aliphatic heterocycles. The number of nitrogens with zero attached hydrogens (tertiary/aromatic N) is 3. The summed E-state index contributed by atoms with van der Waals surface area (Å²) in [5, 5.41) is 0. The Morgan fingerprint density at radius 2 is 1.59 bits per heavy atom. The third-order valence-corrected chi connectivity index (χ3v) is 4.36. The number of carbonyl (C=O) groups excluding carboxylic acids is 2. The van der Waals surface area contributed by atoms with Crippen molar-refractivity contribution in [2.75, 3.05) is 45.8 Å². The van der Waals surface area contributed by atoms with Gasteiger partial charge in [0.05, 0.1) is 12.6 Å². The topological polar surface area (TPSA) is 69.9 Å². The summed E-state index contributed by atoms with van der Waals surface area (Å²) >= 11 is 0. The summed E-state index contributed by atoms with van der Waals surface area (Å²) in [6.45, 7) is 14.6. The molecular formula is C16H32N4O2. The SMILES string of the molecule is CCN(CC)C(=O)CN1CCN(C(=O)[C@@H](N)C(C)(C)C)CC1. The van der Waals surface area contributed by atoms with Gasteiger partial charge >= 0.3 is 0 Å². The van der Waals surface area contributed by atoms with Crippen LogP contribution in [0.2, 0.25) is 0 Å². The second-order valence-electron chi connectivity index (χ2n) is 7.01. The number of amides is 2. The second kappa shape index (κ2) is 7.92. The highest BCUT2D eigenvalue weighted by molar-refractivity contribution is 5.82. The van der Waals surface area contributed by atoms with Gasteiger partial charge in [-0.1, -0.05) is 20.8 Å². The Hall–Kier alpha value is -1.14. The van der Waals surface area contributed by atoms with Crippen LogP contribution in [0.1, 0.15) is 34.6 Å². The molecule has 6 heteroatoms. The second-order valence-corrected chi connectivity index (χ2v) is 7.01. The van der Waals surface area contributed by atoms with Crippen LogP contribution in [0.25, 0.3) is 0 Å². The Bertz CT molecular complexity index is 380. The lowest BCUT2D eigenvalue weighted by Gasteiger charge is -2.38. The number of hydrogen-bond acceptors (Lipinski definition) is 4. The maximum atomic E-state index is 12.4. The monoisotopic (exact) mass is 312 g/mol. The summed E-state index contributed by atoms with van der Waals surface area (Å²) in [7, 11) is 0. The first-order valence-corrected chi connectivity index (χ1v) is 8.25. The molecule has 1 saturated heterocycles. The number of piperazine rings is 1. The molecule has 0 aromatic heterocycles. The van der Waals surface area contributed by atoms with Crippen LogP contribution in [0.15, 0.2) is 0 Å². The van der Waals surface area contributed by atoms with Crippen molar-refractivity contribution in [3.63, 3.8) is 0 Å². The van der Waals surface area contributed by atoms with Gasteiger partial charge in [-0.15, -0.1) is 0 Å². The van der Waals surface area contributed by atoms with Crippen molar-refractivity contribution >= 4 is 11.8 Å². The van der Waals surface area contributed by atoms with Gasteiger partial charge in [-0.3, -0.25) is 14.5 Å². The average Bonchev–Trinajstić information content (AvgIpc) is 2.46. The zero-order valence-electron chi connectivity index (χ0n) is 14.8. The molecule has 0 radical (unpaired) electrons. The molecular weight excluding hydrogens is 280 g/mol. The van der Waals surface area contributed by atoms with Crippen LogP contribution < -0.4 is 5.73 Å². The molecule has 0 aromatic carbocycles. The first-order chi connectivity index (χ1) is 10.2. The lowest BCUT2D eigenvalue weighted by Crippen LogP contribution is -2.57. The van der Waals surface area contributed by atoms with E-state index in [9.17, 15) is 9.59 Å². The van der Waals surface area contributed by atoms with Gasteiger partial charge in [0, 0.05) is 39.3 Å². The predicted molar refractivity (Wildman–Crippen MR) is 88.4 cm³/mol.